The highest BCUT2D eigenvalue weighted by Gasteiger charge is 2.38. The molecule has 3 heteroatoms. The molecule has 0 unspecified atom stereocenters. The standard InChI is InChI=1S/C13H17NO2/c15-12-6-11-8-16-9-14(11)13(7-12)10-4-2-1-3-5-10/h1-5,11-13,15H,6-9H2/t11-,12-,13+/m0/s1. The van der Waals surface area contributed by atoms with Crippen LogP contribution in [0.2, 0.25) is 0 Å². The van der Waals surface area contributed by atoms with E-state index in [2.05, 4.69) is 29.2 Å². The fraction of sp³-hybridized carbons (Fsp3) is 0.538. The van der Waals surface area contributed by atoms with Gasteiger partial charge in [0.15, 0.2) is 0 Å². The number of hydrogen-bond donors (Lipinski definition) is 1. The van der Waals surface area contributed by atoms with Crippen molar-refractivity contribution in [1.82, 2.24) is 4.90 Å². The van der Waals surface area contributed by atoms with Crippen molar-refractivity contribution < 1.29 is 9.84 Å². The van der Waals surface area contributed by atoms with Gasteiger partial charge in [-0.05, 0) is 18.4 Å². The molecule has 2 saturated heterocycles. The summed E-state index contributed by atoms with van der Waals surface area (Å²) in [6, 6.07) is 11.1. The van der Waals surface area contributed by atoms with Crippen molar-refractivity contribution in [3.63, 3.8) is 0 Å². The first-order chi connectivity index (χ1) is 7.84. The van der Waals surface area contributed by atoms with Crippen molar-refractivity contribution >= 4 is 0 Å². The van der Waals surface area contributed by atoms with Gasteiger partial charge < -0.3 is 9.84 Å². The number of aliphatic hydroxyl groups is 1. The van der Waals surface area contributed by atoms with E-state index in [0.717, 1.165) is 19.4 Å². The van der Waals surface area contributed by atoms with Crippen LogP contribution in [-0.2, 0) is 4.74 Å². The molecule has 2 aliphatic rings. The molecule has 0 radical (unpaired) electrons. The molecule has 1 aromatic carbocycles. The minimum absolute atomic E-state index is 0.187. The molecule has 3 atom stereocenters. The molecule has 3 rings (SSSR count). The summed E-state index contributed by atoms with van der Waals surface area (Å²) in [6.45, 7) is 1.47. The highest BCUT2D eigenvalue weighted by molar-refractivity contribution is 5.20. The summed E-state index contributed by atoms with van der Waals surface area (Å²) >= 11 is 0. The first kappa shape index (κ1) is 10.3. The fourth-order valence-electron chi connectivity index (χ4n) is 2.85. The second-order valence-corrected chi connectivity index (χ2v) is 4.72. The van der Waals surface area contributed by atoms with Crippen LogP contribution >= 0.6 is 0 Å². The molecule has 0 aromatic heterocycles. The molecule has 86 valence electrons. The van der Waals surface area contributed by atoms with Crippen LogP contribution in [0.3, 0.4) is 0 Å². The number of ether oxygens (including phenoxy) is 1. The van der Waals surface area contributed by atoms with E-state index in [9.17, 15) is 5.11 Å². The first-order valence-electron chi connectivity index (χ1n) is 5.91. The number of rotatable bonds is 1. The SMILES string of the molecule is O[C@H]1C[C@H]2COCN2[C@@H](c2ccccc2)C1. The number of aliphatic hydroxyl groups excluding tert-OH is 1. The molecule has 2 fully saturated rings. The van der Waals surface area contributed by atoms with Crippen molar-refractivity contribution in [2.75, 3.05) is 13.3 Å². The second-order valence-electron chi connectivity index (χ2n) is 4.72. The molecule has 0 aliphatic carbocycles. The fourth-order valence-corrected chi connectivity index (χ4v) is 2.85. The highest BCUT2D eigenvalue weighted by atomic mass is 16.5. The Labute approximate surface area is 95.6 Å². The van der Waals surface area contributed by atoms with E-state index in [0.29, 0.717) is 18.8 Å². The van der Waals surface area contributed by atoms with Crippen LogP contribution in [0.4, 0.5) is 0 Å². The highest BCUT2D eigenvalue weighted by Crippen LogP contribution is 2.36. The number of hydrogen-bond acceptors (Lipinski definition) is 3. The molecule has 0 amide bonds. The summed E-state index contributed by atoms with van der Waals surface area (Å²) in [4.78, 5) is 2.38. The third-order valence-electron chi connectivity index (χ3n) is 3.64. The topological polar surface area (TPSA) is 32.7 Å². The van der Waals surface area contributed by atoms with Gasteiger partial charge in [0, 0.05) is 12.1 Å². The second kappa shape index (κ2) is 4.17. The largest absolute Gasteiger partial charge is 0.393 e. The van der Waals surface area contributed by atoms with Gasteiger partial charge in [-0.15, -0.1) is 0 Å². The van der Waals surface area contributed by atoms with Gasteiger partial charge in [0.2, 0.25) is 0 Å². The number of fused-ring (bicyclic) bond motifs is 1. The maximum atomic E-state index is 9.91. The average Bonchev–Trinajstić information content (AvgIpc) is 2.77. The molecule has 1 aromatic rings. The lowest BCUT2D eigenvalue weighted by Crippen LogP contribution is -2.43. The summed E-state index contributed by atoms with van der Waals surface area (Å²) in [5, 5.41) is 9.91. The van der Waals surface area contributed by atoms with Crippen molar-refractivity contribution in [3.8, 4) is 0 Å². The number of piperidine rings is 1. The Bertz CT molecular complexity index is 354. The molecular formula is C13H17NO2. The Hall–Kier alpha value is -0.900. The zero-order chi connectivity index (χ0) is 11.0. The number of benzene rings is 1. The van der Waals surface area contributed by atoms with Crippen LogP contribution in [0.1, 0.15) is 24.4 Å². The lowest BCUT2D eigenvalue weighted by molar-refractivity contribution is 0.0150. The molecular weight excluding hydrogens is 202 g/mol. The zero-order valence-corrected chi connectivity index (χ0v) is 9.25. The molecule has 2 aliphatic heterocycles. The predicted molar refractivity (Wildman–Crippen MR) is 60.9 cm³/mol. The Morgan fingerprint density at radius 3 is 2.81 bits per heavy atom. The summed E-state index contributed by atoms with van der Waals surface area (Å²) < 4.78 is 5.51. The molecule has 0 bridgehead atoms. The molecule has 1 N–H and O–H groups in total. The summed E-state index contributed by atoms with van der Waals surface area (Å²) in [7, 11) is 0. The molecule has 3 nitrogen and oxygen atoms in total. The van der Waals surface area contributed by atoms with Gasteiger partial charge in [-0.25, -0.2) is 0 Å². The van der Waals surface area contributed by atoms with E-state index in [1.165, 1.54) is 5.56 Å². The predicted octanol–water partition coefficient (Wildman–Crippen LogP) is 1.54. The van der Waals surface area contributed by atoms with Crippen LogP contribution < -0.4 is 0 Å². The van der Waals surface area contributed by atoms with Gasteiger partial charge in [0.25, 0.3) is 0 Å². The Balaban J connectivity index is 1.87. The van der Waals surface area contributed by atoms with Crippen molar-refractivity contribution in [2.45, 2.75) is 31.0 Å². The summed E-state index contributed by atoms with van der Waals surface area (Å²) in [6.07, 6.45) is 1.49. The van der Waals surface area contributed by atoms with Gasteiger partial charge in [0.1, 0.15) is 0 Å². The maximum absolute atomic E-state index is 9.91. The van der Waals surface area contributed by atoms with Crippen LogP contribution in [0.25, 0.3) is 0 Å². The van der Waals surface area contributed by atoms with Gasteiger partial charge in [-0.2, -0.15) is 0 Å². The molecule has 0 saturated carbocycles. The van der Waals surface area contributed by atoms with E-state index >= 15 is 0 Å². The quantitative estimate of drug-likeness (QED) is 0.777. The molecule has 16 heavy (non-hydrogen) atoms. The lowest BCUT2D eigenvalue weighted by Gasteiger charge is -2.38. The average molecular weight is 219 g/mol. The van der Waals surface area contributed by atoms with Crippen LogP contribution in [0.15, 0.2) is 30.3 Å². The van der Waals surface area contributed by atoms with Crippen LogP contribution in [0.5, 0.6) is 0 Å². The third-order valence-corrected chi connectivity index (χ3v) is 3.64. The summed E-state index contributed by atoms with van der Waals surface area (Å²) in [5.74, 6) is 0. The van der Waals surface area contributed by atoms with E-state index in [4.69, 9.17) is 4.74 Å². The lowest BCUT2D eigenvalue weighted by atomic mass is 9.90. The summed E-state index contributed by atoms with van der Waals surface area (Å²) in [5.41, 5.74) is 1.29. The van der Waals surface area contributed by atoms with Gasteiger partial charge in [-0.3, -0.25) is 4.90 Å². The minimum atomic E-state index is -0.187. The Morgan fingerprint density at radius 1 is 1.19 bits per heavy atom. The van der Waals surface area contributed by atoms with E-state index in [1.54, 1.807) is 0 Å². The van der Waals surface area contributed by atoms with E-state index in [-0.39, 0.29) is 6.10 Å². The first-order valence-corrected chi connectivity index (χ1v) is 5.91. The van der Waals surface area contributed by atoms with E-state index in [1.807, 2.05) is 6.07 Å². The van der Waals surface area contributed by atoms with Gasteiger partial charge in [0.05, 0.1) is 19.4 Å². The van der Waals surface area contributed by atoms with Crippen molar-refractivity contribution in [3.05, 3.63) is 35.9 Å². The van der Waals surface area contributed by atoms with Gasteiger partial charge >= 0.3 is 0 Å². The van der Waals surface area contributed by atoms with E-state index < -0.39 is 0 Å². The normalized spacial score (nSPS) is 34.9. The van der Waals surface area contributed by atoms with Gasteiger partial charge in [-0.1, -0.05) is 30.3 Å². The van der Waals surface area contributed by atoms with Crippen LogP contribution in [0, 0.1) is 0 Å². The Morgan fingerprint density at radius 2 is 2.00 bits per heavy atom. The van der Waals surface area contributed by atoms with Crippen LogP contribution in [-0.4, -0.2) is 35.5 Å². The Kier molecular flexibility index (Phi) is 2.67. The number of nitrogens with zero attached hydrogens (tertiary/aromatic N) is 1. The smallest absolute Gasteiger partial charge is 0.0999 e. The maximum Gasteiger partial charge on any atom is 0.0999 e. The monoisotopic (exact) mass is 219 g/mol. The zero-order valence-electron chi connectivity index (χ0n) is 9.25. The minimum Gasteiger partial charge on any atom is -0.393 e. The molecule has 0 spiro atoms. The van der Waals surface area contributed by atoms with Crippen molar-refractivity contribution in [2.24, 2.45) is 0 Å². The molecule has 2 heterocycles. The van der Waals surface area contributed by atoms with Crippen molar-refractivity contribution in [1.29, 1.82) is 0 Å². The third kappa shape index (κ3) is 1.75.